The lowest BCUT2D eigenvalue weighted by atomic mass is 10.1. The molecule has 1 nitrogen and oxygen atoms in total. The third kappa shape index (κ3) is 3.82. The van der Waals surface area contributed by atoms with Crippen molar-refractivity contribution in [1.29, 1.82) is 0 Å². The van der Waals surface area contributed by atoms with Crippen LogP contribution in [0.2, 0.25) is 5.02 Å². The third-order valence-electron chi connectivity index (χ3n) is 3.22. The van der Waals surface area contributed by atoms with Crippen molar-refractivity contribution in [3.63, 3.8) is 0 Å². The third-order valence-corrected chi connectivity index (χ3v) is 4.35. The molecule has 0 fully saturated rings. The first kappa shape index (κ1) is 14.6. The van der Waals surface area contributed by atoms with Crippen LogP contribution in [0.4, 0.5) is 0 Å². The lowest BCUT2D eigenvalue weighted by Crippen LogP contribution is -2.18. The Morgan fingerprint density at radius 1 is 1.21 bits per heavy atom. The summed E-state index contributed by atoms with van der Waals surface area (Å²) in [7, 11) is 0. The molecular weight excluding hydrogens is 322 g/mol. The van der Waals surface area contributed by atoms with E-state index in [4.69, 9.17) is 11.6 Å². The molecule has 2 rings (SSSR count). The van der Waals surface area contributed by atoms with Gasteiger partial charge in [-0.1, -0.05) is 57.9 Å². The zero-order valence-corrected chi connectivity index (χ0v) is 13.4. The molecule has 0 aliphatic carbocycles. The van der Waals surface area contributed by atoms with Crippen LogP contribution in [0.25, 0.3) is 0 Å². The molecule has 0 aliphatic heterocycles. The minimum atomic E-state index is 0.288. The molecule has 0 amide bonds. The fourth-order valence-electron chi connectivity index (χ4n) is 1.95. The van der Waals surface area contributed by atoms with Gasteiger partial charge < -0.3 is 5.32 Å². The first-order valence-corrected chi connectivity index (χ1v) is 7.48. The Morgan fingerprint density at radius 2 is 1.95 bits per heavy atom. The quantitative estimate of drug-likeness (QED) is 0.801. The first-order valence-electron chi connectivity index (χ1n) is 6.31. The minimum absolute atomic E-state index is 0.288. The van der Waals surface area contributed by atoms with E-state index in [9.17, 15) is 0 Å². The second-order valence-electron chi connectivity index (χ2n) is 4.71. The highest BCUT2D eigenvalue weighted by Crippen LogP contribution is 2.23. The summed E-state index contributed by atoms with van der Waals surface area (Å²) >= 11 is 9.72. The van der Waals surface area contributed by atoms with Crippen LogP contribution < -0.4 is 5.32 Å². The second-order valence-corrected chi connectivity index (χ2v) is 5.97. The predicted molar refractivity (Wildman–Crippen MR) is 85.6 cm³/mol. The Morgan fingerprint density at radius 3 is 2.63 bits per heavy atom. The summed E-state index contributed by atoms with van der Waals surface area (Å²) in [5.41, 5.74) is 3.58. The minimum Gasteiger partial charge on any atom is -0.306 e. The molecule has 100 valence electrons. The van der Waals surface area contributed by atoms with Crippen molar-refractivity contribution in [2.24, 2.45) is 0 Å². The molecule has 0 saturated carbocycles. The smallest absolute Gasteiger partial charge is 0.0438 e. The molecule has 0 saturated heterocycles. The topological polar surface area (TPSA) is 12.0 Å². The van der Waals surface area contributed by atoms with Crippen LogP contribution >= 0.6 is 27.5 Å². The Bertz CT molecular complexity index is 568. The first-order chi connectivity index (χ1) is 9.08. The van der Waals surface area contributed by atoms with Gasteiger partial charge in [0.1, 0.15) is 0 Å². The number of hydrogen-bond donors (Lipinski definition) is 1. The fraction of sp³-hybridized carbons (Fsp3) is 0.250. The largest absolute Gasteiger partial charge is 0.306 e. The average molecular weight is 339 g/mol. The van der Waals surface area contributed by atoms with Gasteiger partial charge in [0, 0.05) is 22.1 Å². The molecule has 0 bridgehead atoms. The van der Waals surface area contributed by atoms with E-state index in [0.29, 0.717) is 0 Å². The molecular formula is C16H17BrClN. The molecule has 2 aromatic rings. The molecule has 0 unspecified atom stereocenters. The molecule has 19 heavy (non-hydrogen) atoms. The van der Waals surface area contributed by atoms with Crippen LogP contribution in [0.5, 0.6) is 0 Å². The number of halogens is 2. The van der Waals surface area contributed by atoms with Crippen LogP contribution in [0.15, 0.2) is 46.9 Å². The summed E-state index contributed by atoms with van der Waals surface area (Å²) in [6.45, 7) is 4.99. The standard InChI is InChI=1S/C16H17BrClN/c1-11-7-8-13(9-16(11)18)10-19-12(2)14-5-3-4-6-15(14)17/h3-9,12,19H,10H2,1-2H3/t12-/m0/s1. The van der Waals surface area contributed by atoms with E-state index >= 15 is 0 Å². The number of rotatable bonds is 4. The van der Waals surface area contributed by atoms with Crippen LogP contribution in [-0.2, 0) is 6.54 Å². The van der Waals surface area contributed by atoms with Gasteiger partial charge in [-0.15, -0.1) is 0 Å². The van der Waals surface area contributed by atoms with Crippen molar-refractivity contribution >= 4 is 27.5 Å². The Hall–Kier alpha value is -0.830. The van der Waals surface area contributed by atoms with Gasteiger partial charge in [0.05, 0.1) is 0 Å². The van der Waals surface area contributed by atoms with Crippen LogP contribution in [0.1, 0.15) is 29.7 Å². The van der Waals surface area contributed by atoms with Crippen molar-refractivity contribution in [2.45, 2.75) is 26.4 Å². The summed E-state index contributed by atoms with van der Waals surface area (Å²) in [6.07, 6.45) is 0. The Balaban J connectivity index is 2.02. The van der Waals surface area contributed by atoms with Gasteiger partial charge >= 0.3 is 0 Å². The van der Waals surface area contributed by atoms with E-state index in [1.165, 1.54) is 11.1 Å². The van der Waals surface area contributed by atoms with Gasteiger partial charge in [-0.3, -0.25) is 0 Å². The summed E-state index contributed by atoms with van der Waals surface area (Å²) in [4.78, 5) is 0. The van der Waals surface area contributed by atoms with E-state index in [2.05, 4.69) is 58.5 Å². The lowest BCUT2D eigenvalue weighted by Gasteiger charge is -2.16. The maximum Gasteiger partial charge on any atom is 0.0438 e. The molecule has 0 radical (unpaired) electrons. The zero-order valence-electron chi connectivity index (χ0n) is 11.1. The van der Waals surface area contributed by atoms with Crippen molar-refractivity contribution in [3.8, 4) is 0 Å². The van der Waals surface area contributed by atoms with Crippen molar-refractivity contribution < 1.29 is 0 Å². The predicted octanol–water partition coefficient (Wildman–Crippen LogP) is 5.26. The summed E-state index contributed by atoms with van der Waals surface area (Å²) in [6, 6.07) is 14.8. The molecule has 0 aliphatic rings. The van der Waals surface area contributed by atoms with Crippen molar-refractivity contribution in [3.05, 3.63) is 68.7 Å². The van der Waals surface area contributed by atoms with Gasteiger partial charge in [-0.25, -0.2) is 0 Å². The number of nitrogens with one attached hydrogen (secondary N) is 1. The van der Waals surface area contributed by atoms with Crippen LogP contribution in [-0.4, -0.2) is 0 Å². The van der Waals surface area contributed by atoms with Gasteiger partial charge in [-0.2, -0.15) is 0 Å². The summed E-state index contributed by atoms with van der Waals surface area (Å²) < 4.78 is 1.14. The molecule has 0 spiro atoms. The SMILES string of the molecule is Cc1ccc(CN[C@@H](C)c2ccccc2Br)cc1Cl. The monoisotopic (exact) mass is 337 g/mol. The van der Waals surface area contributed by atoms with Gasteiger partial charge in [0.2, 0.25) is 0 Å². The van der Waals surface area contributed by atoms with Crippen molar-refractivity contribution in [2.75, 3.05) is 0 Å². The highest BCUT2D eigenvalue weighted by Gasteiger charge is 2.08. The highest BCUT2D eigenvalue weighted by molar-refractivity contribution is 9.10. The van der Waals surface area contributed by atoms with Gasteiger partial charge in [0.25, 0.3) is 0 Å². The Kier molecular flexibility index (Phi) is 5.03. The molecule has 1 N–H and O–H groups in total. The number of hydrogen-bond acceptors (Lipinski definition) is 1. The van der Waals surface area contributed by atoms with Crippen molar-refractivity contribution in [1.82, 2.24) is 5.32 Å². The Labute approximate surface area is 128 Å². The van der Waals surface area contributed by atoms with Crippen LogP contribution in [0, 0.1) is 6.92 Å². The second kappa shape index (κ2) is 6.56. The molecule has 3 heteroatoms. The lowest BCUT2D eigenvalue weighted by molar-refractivity contribution is 0.573. The molecule has 2 aromatic carbocycles. The number of benzene rings is 2. The molecule has 0 aromatic heterocycles. The summed E-state index contributed by atoms with van der Waals surface area (Å²) in [5, 5.41) is 4.34. The maximum absolute atomic E-state index is 6.14. The fourth-order valence-corrected chi connectivity index (χ4v) is 2.78. The average Bonchev–Trinajstić information content (AvgIpc) is 2.40. The van der Waals surface area contributed by atoms with Gasteiger partial charge in [0.15, 0.2) is 0 Å². The normalized spacial score (nSPS) is 12.4. The summed E-state index contributed by atoms with van der Waals surface area (Å²) in [5.74, 6) is 0. The van der Waals surface area contributed by atoms with E-state index in [0.717, 1.165) is 21.6 Å². The van der Waals surface area contributed by atoms with E-state index in [1.54, 1.807) is 0 Å². The number of aryl methyl sites for hydroxylation is 1. The van der Waals surface area contributed by atoms with E-state index < -0.39 is 0 Å². The molecule has 1 atom stereocenters. The maximum atomic E-state index is 6.14. The molecule has 0 heterocycles. The van der Waals surface area contributed by atoms with E-state index in [-0.39, 0.29) is 6.04 Å². The zero-order chi connectivity index (χ0) is 13.8. The van der Waals surface area contributed by atoms with E-state index in [1.807, 2.05) is 19.1 Å². The highest BCUT2D eigenvalue weighted by atomic mass is 79.9. The van der Waals surface area contributed by atoms with Gasteiger partial charge in [-0.05, 0) is 42.7 Å². The van der Waals surface area contributed by atoms with Crippen LogP contribution in [0.3, 0.4) is 0 Å².